The van der Waals surface area contributed by atoms with E-state index < -0.39 is 0 Å². The third-order valence-electron chi connectivity index (χ3n) is 2.38. The van der Waals surface area contributed by atoms with Gasteiger partial charge in [-0.25, -0.2) is 0 Å². The van der Waals surface area contributed by atoms with Crippen LogP contribution in [0.5, 0.6) is 0 Å². The molecule has 0 radical (unpaired) electrons. The van der Waals surface area contributed by atoms with Crippen LogP contribution >= 0.6 is 0 Å². The van der Waals surface area contributed by atoms with Gasteiger partial charge in [-0.3, -0.25) is 0 Å². The lowest BCUT2D eigenvalue weighted by atomic mass is 9.87. The summed E-state index contributed by atoms with van der Waals surface area (Å²) in [5.74, 6) is 0.638. The van der Waals surface area contributed by atoms with Gasteiger partial charge >= 0.3 is 0 Å². The van der Waals surface area contributed by atoms with Crippen LogP contribution < -0.4 is 0 Å². The number of benzene rings is 1. The van der Waals surface area contributed by atoms with Gasteiger partial charge < -0.3 is 0 Å². The molecule has 1 rings (SSSR count). The van der Waals surface area contributed by atoms with E-state index in [1.54, 1.807) is 0 Å². The van der Waals surface area contributed by atoms with E-state index in [9.17, 15) is 0 Å². The molecule has 17 heavy (non-hydrogen) atoms. The van der Waals surface area contributed by atoms with E-state index >= 15 is 0 Å². The highest BCUT2D eigenvalue weighted by Crippen LogP contribution is 2.22. The van der Waals surface area contributed by atoms with Crippen molar-refractivity contribution in [2.75, 3.05) is 0 Å². The van der Waals surface area contributed by atoms with Gasteiger partial charge in [0.2, 0.25) is 0 Å². The molecule has 0 spiro atoms. The molecule has 0 heteroatoms. The van der Waals surface area contributed by atoms with Gasteiger partial charge in [0, 0.05) is 0 Å². The van der Waals surface area contributed by atoms with Crippen LogP contribution in [-0.4, -0.2) is 0 Å². The lowest BCUT2D eigenvalue weighted by Gasteiger charge is -2.18. The predicted octanol–water partition coefficient (Wildman–Crippen LogP) is 6.06. The van der Waals surface area contributed by atoms with Crippen molar-refractivity contribution in [3.8, 4) is 0 Å². The van der Waals surface area contributed by atoms with Gasteiger partial charge in [0.1, 0.15) is 0 Å². The molecule has 0 fully saturated rings. The highest BCUT2D eigenvalue weighted by atomic mass is 14.2. The highest BCUT2D eigenvalue weighted by Gasteiger charge is 2.10. The summed E-state index contributed by atoms with van der Waals surface area (Å²) >= 11 is 0. The maximum Gasteiger partial charge on any atom is -0.0219 e. The Morgan fingerprint density at radius 1 is 0.941 bits per heavy atom. The summed E-state index contributed by atoms with van der Waals surface area (Å²) in [6.07, 6.45) is 1.16. The van der Waals surface area contributed by atoms with E-state index in [2.05, 4.69) is 58.9 Å². The molecule has 0 aliphatic heterocycles. The van der Waals surface area contributed by atoms with E-state index in [1.807, 2.05) is 13.8 Å². The molecule has 0 amide bonds. The van der Waals surface area contributed by atoms with Crippen LogP contribution in [0.1, 0.15) is 72.9 Å². The first-order valence-corrected chi connectivity index (χ1v) is 6.47. The summed E-state index contributed by atoms with van der Waals surface area (Å²) in [5.41, 5.74) is 3.27. The summed E-state index contributed by atoms with van der Waals surface area (Å²) in [7, 11) is 0. The van der Waals surface area contributed by atoms with Crippen LogP contribution in [0.4, 0.5) is 0 Å². The van der Waals surface area contributed by atoms with Crippen molar-refractivity contribution < 1.29 is 0 Å². The highest BCUT2D eigenvalue weighted by molar-refractivity contribution is 5.25. The normalized spacial score (nSPS) is 10.4. The first kappa shape index (κ1) is 18.6. The largest absolute Gasteiger partial charge is 0.0776 e. The van der Waals surface area contributed by atoms with Gasteiger partial charge in [-0.2, -0.15) is 0 Å². The van der Waals surface area contributed by atoms with E-state index in [-0.39, 0.29) is 7.43 Å². The van der Waals surface area contributed by atoms with Crippen LogP contribution in [0.25, 0.3) is 0 Å². The van der Waals surface area contributed by atoms with Gasteiger partial charge in [-0.05, 0) is 28.9 Å². The van der Waals surface area contributed by atoms with Crippen molar-refractivity contribution in [2.24, 2.45) is 5.41 Å². The van der Waals surface area contributed by atoms with Crippen LogP contribution in [0.15, 0.2) is 24.3 Å². The van der Waals surface area contributed by atoms with Crippen LogP contribution in [0, 0.1) is 5.41 Å². The topological polar surface area (TPSA) is 0 Å². The zero-order valence-corrected chi connectivity index (χ0v) is 12.1. The summed E-state index contributed by atoms with van der Waals surface area (Å²) in [6, 6.07) is 9.04. The van der Waals surface area contributed by atoms with Gasteiger partial charge in [0.25, 0.3) is 0 Å². The molecule has 1 aromatic rings. The van der Waals surface area contributed by atoms with Crippen LogP contribution in [-0.2, 0) is 6.42 Å². The Kier molecular flexibility index (Phi) is 9.11. The molecule has 0 saturated heterocycles. The molecule has 1 aromatic carbocycles. The van der Waals surface area contributed by atoms with E-state index in [0.29, 0.717) is 11.3 Å². The van der Waals surface area contributed by atoms with E-state index in [4.69, 9.17) is 0 Å². The zero-order valence-electron chi connectivity index (χ0n) is 12.1. The minimum absolute atomic E-state index is 0. The molecule has 0 bridgehead atoms. The third-order valence-corrected chi connectivity index (χ3v) is 2.38. The Bertz CT molecular complexity index is 272. The second-order valence-electron chi connectivity index (χ2n) is 5.63. The van der Waals surface area contributed by atoms with E-state index in [1.165, 1.54) is 11.1 Å². The molecule has 0 aliphatic rings. The van der Waals surface area contributed by atoms with Gasteiger partial charge in [-0.1, -0.05) is 80.2 Å². The average molecular weight is 236 g/mol. The fourth-order valence-electron chi connectivity index (χ4n) is 1.63. The molecule has 100 valence electrons. The molecule has 0 unspecified atom stereocenters. The van der Waals surface area contributed by atoms with Crippen molar-refractivity contribution in [1.82, 2.24) is 0 Å². The fourth-order valence-corrected chi connectivity index (χ4v) is 1.63. The quantitative estimate of drug-likeness (QED) is 0.585. The Morgan fingerprint density at radius 3 is 1.65 bits per heavy atom. The van der Waals surface area contributed by atoms with Crippen molar-refractivity contribution in [1.29, 1.82) is 0 Å². The minimum Gasteiger partial charge on any atom is -0.0776 e. The lowest BCUT2D eigenvalue weighted by molar-refractivity contribution is 0.411. The maximum absolute atomic E-state index is 2.28. The second-order valence-corrected chi connectivity index (χ2v) is 5.63. The summed E-state index contributed by atoms with van der Waals surface area (Å²) < 4.78 is 0. The van der Waals surface area contributed by atoms with Crippen molar-refractivity contribution in [3.63, 3.8) is 0 Å². The van der Waals surface area contributed by atoms with Crippen LogP contribution in [0.2, 0.25) is 0 Å². The van der Waals surface area contributed by atoms with Crippen molar-refractivity contribution in [2.45, 2.75) is 68.2 Å². The predicted molar refractivity (Wildman–Crippen MR) is 81.8 cm³/mol. The first-order chi connectivity index (χ1) is 7.38. The molecule has 0 heterocycles. The zero-order chi connectivity index (χ0) is 12.8. The summed E-state index contributed by atoms with van der Waals surface area (Å²) in [6.45, 7) is 15.3. The van der Waals surface area contributed by atoms with Gasteiger partial charge in [0.05, 0.1) is 0 Å². The number of rotatable bonds is 2. The molecule has 0 aromatic heterocycles. The van der Waals surface area contributed by atoms with E-state index in [0.717, 1.165) is 6.42 Å². The SMILES string of the molecule is C.CC.CC(C)c1ccc(CC(C)(C)C)cc1. The summed E-state index contributed by atoms with van der Waals surface area (Å²) in [5, 5.41) is 0. The maximum atomic E-state index is 2.28. The Labute approximate surface area is 109 Å². The first-order valence-electron chi connectivity index (χ1n) is 6.47. The van der Waals surface area contributed by atoms with Crippen LogP contribution in [0.3, 0.4) is 0 Å². The molecular weight excluding hydrogens is 204 g/mol. The van der Waals surface area contributed by atoms with Gasteiger partial charge in [-0.15, -0.1) is 0 Å². The van der Waals surface area contributed by atoms with Crippen molar-refractivity contribution in [3.05, 3.63) is 35.4 Å². The molecule has 0 N–H and O–H groups in total. The minimum atomic E-state index is 0. The standard InChI is InChI=1S/C14H22.C2H6.CH4/c1-11(2)13-8-6-12(7-9-13)10-14(3,4)5;1-2;/h6-9,11H,10H2,1-5H3;1-2H3;1H4. The second kappa shape index (κ2) is 8.33. The monoisotopic (exact) mass is 236 g/mol. The molecular formula is C17H32. The Hall–Kier alpha value is -0.780. The third kappa shape index (κ3) is 8.01. The molecule has 0 saturated carbocycles. The summed E-state index contributed by atoms with van der Waals surface area (Å²) in [4.78, 5) is 0. The molecule has 0 atom stereocenters. The Morgan fingerprint density at radius 2 is 1.35 bits per heavy atom. The average Bonchev–Trinajstić information content (AvgIpc) is 2.19. The smallest absolute Gasteiger partial charge is 0.0219 e. The van der Waals surface area contributed by atoms with Gasteiger partial charge in [0.15, 0.2) is 0 Å². The lowest BCUT2D eigenvalue weighted by Crippen LogP contribution is -2.08. The number of hydrogen-bond donors (Lipinski definition) is 0. The Balaban J connectivity index is 0. The molecule has 0 aliphatic carbocycles. The molecule has 0 nitrogen and oxygen atoms in total. The van der Waals surface area contributed by atoms with Crippen molar-refractivity contribution >= 4 is 0 Å². The fraction of sp³-hybridized carbons (Fsp3) is 0.647. The number of hydrogen-bond acceptors (Lipinski definition) is 0.